The number of amides is 1. The van der Waals surface area contributed by atoms with Gasteiger partial charge >= 0.3 is 0 Å². The van der Waals surface area contributed by atoms with Crippen LogP contribution in [-0.2, 0) is 0 Å². The Labute approximate surface area is 184 Å². The van der Waals surface area contributed by atoms with E-state index in [0.717, 1.165) is 16.5 Å². The van der Waals surface area contributed by atoms with Crippen LogP contribution in [0.25, 0.3) is 16.6 Å². The zero-order chi connectivity index (χ0) is 21.9. The van der Waals surface area contributed by atoms with Crippen LogP contribution in [-0.4, -0.2) is 25.9 Å². The number of nitrogens with zero attached hydrogens (tertiary/aromatic N) is 4. The van der Waals surface area contributed by atoms with Crippen molar-refractivity contribution in [1.82, 2.24) is 20.0 Å². The fourth-order valence-electron chi connectivity index (χ4n) is 3.29. The summed E-state index contributed by atoms with van der Waals surface area (Å²) in [6, 6.07) is 26.1. The molecular weight excluding hydrogens is 402 g/mol. The average Bonchev–Trinajstić information content (AvgIpc) is 3.27. The van der Waals surface area contributed by atoms with E-state index >= 15 is 0 Å². The van der Waals surface area contributed by atoms with Crippen molar-refractivity contribution in [1.29, 1.82) is 0 Å². The van der Waals surface area contributed by atoms with Crippen molar-refractivity contribution in [3.8, 4) is 17.4 Å². The van der Waals surface area contributed by atoms with Crippen LogP contribution in [0.2, 0.25) is 0 Å². The molecule has 0 spiro atoms. The van der Waals surface area contributed by atoms with Gasteiger partial charge in [-0.3, -0.25) is 4.79 Å². The summed E-state index contributed by atoms with van der Waals surface area (Å²) in [5.74, 6) is 1.40. The summed E-state index contributed by atoms with van der Waals surface area (Å²) >= 11 is 0. The maximum Gasteiger partial charge on any atom is 0.255 e. The molecule has 0 bridgehead atoms. The first-order valence-corrected chi connectivity index (χ1v) is 10.1. The number of carbonyl (C=O) groups excluding carboxylic acids is 1. The Morgan fingerprint density at radius 1 is 0.875 bits per heavy atom. The molecule has 0 aliphatic heterocycles. The first-order valence-electron chi connectivity index (χ1n) is 10.1. The van der Waals surface area contributed by atoms with E-state index in [1.807, 2.05) is 61.7 Å². The van der Waals surface area contributed by atoms with Crippen LogP contribution in [0.1, 0.15) is 16.1 Å². The third-order valence-electron chi connectivity index (χ3n) is 4.93. The lowest BCUT2D eigenvalue weighted by Crippen LogP contribution is -2.11. The molecule has 1 amide bonds. The van der Waals surface area contributed by atoms with Gasteiger partial charge in [-0.1, -0.05) is 30.3 Å². The highest BCUT2D eigenvalue weighted by Gasteiger charge is 2.08. The topological polar surface area (TPSA) is 81.9 Å². The van der Waals surface area contributed by atoms with Crippen molar-refractivity contribution >= 4 is 22.4 Å². The molecule has 0 aliphatic rings. The van der Waals surface area contributed by atoms with E-state index in [4.69, 9.17) is 4.74 Å². The van der Waals surface area contributed by atoms with Gasteiger partial charge in [0.2, 0.25) is 5.88 Å². The number of benzene rings is 3. The lowest BCUT2D eigenvalue weighted by molar-refractivity contribution is 0.102. The van der Waals surface area contributed by atoms with Crippen molar-refractivity contribution < 1.29 is 9.53 Å². The van der Waals surface area contributed by atoms with E-state index in [0.29, 0.717) is 28.7 Å². The van der Waals surface area contributed by atoms with Gasteiger partial charge in [0, 0.05) is 23.5 Å². The Morgan fingerprint density at radius 3 is 2.41 bits per heavy atom. The van der Waals surface area contributed by atoms with Crippen LogP contribution in [0.5, 0.6) is 11.6 Å². The summed E-state index contributed by atoms with van der Waals surface area (Å²) in [5, 5.41) is 17.6. The Balaban J connectivity index is 1.24. The molecule has 0 fully saturated rings. The van der Waals surface area contributed by atoms with Crippen LogP contribution in [0, 0.1) is 6.92 Å². The zero-order valence-electron chi connectivity index (χ0n) is 17.3. The SMILES string of the molecule is Cc1ccn(-c2ccc(Oc3ccc(NC(=O)c4ccc5ccccc5c4)cc3)nn2)n1. The Hall–Kier alpha value is -4.52. The largest absolute Gasteiger partial charge is 0.438 e. The first-order chi connectivity index (χ1) is 15.6. The molecule has 0 atom stereocenters. The lowest BCUT2D eigenvalue weighted by atomic mass is 10.1. The minimum Gasteiger partial charge on any atom is -0.438 e. The first kappa shape index (κ1) is 19.4. The van der Waals surface area contributed by atoms with E-state index in [-0.39, 0.29) is 5.91 Å². The van der Waals surface area contributed by atoms with Gasteiger partial charge in [-0.25, -0.2) is 4.68 Å². The van der Waals surface area contributed by atoms with Gasteiger partial charge in [0.15, 0.2) is 5.82 Å². The smallest absolute Gasteiger partial charge is 0.255 e. The highest BCUT2D eigenvalue weighted by Crippen LogP contribution is 2.22. The van der Waals surface area contributed by atoms with Gasteiger partial charge in [0.1, 0.15) is 5.75 Å². The molecule has 1 N–H and O–H groups in total. The molecule has 0 radical (unpaired) electrons. The van der Waals surface area contributed by atoms with E-state index in [1.165, 1.54) is 0 Å². The Kier molecular flexibility index (Phi) is 5.05. The number of aryl methyl sites for hydroxylation is 1. The number of fused-ring (bicyclic) bond motifs is 1. The maximum atomic E-state index is 12.6. The molecule has 2 heterocycles. The molecule has 0 saturated carbocycles. The molecule has 5 aromatic rings. The van der Waals surface area contributed by atoms with Gasteiger partial charge in [-0.05, 0) is 66.2 Å². The predicted molar refractivity (Wildman–Crippen MR) is 122 cm³/mol. The zero-order valence-corrected chi connectivity index (χ0v) is 17.3. The summed E-state index contributed by atoms with van der Waals surface area (Å²) in [6.07, 6.45) is 1.82. The Bertz CT molecular complexity index is 1390. The summed E-state index contributed by atoms with van der Waals surface area (Å²) in [6.45, 7) is 1.91. The average molecular weight is 421 g/mol. The number of hydrogen-bond acceptors (Lipinski definition) is 5. The minimum absolute atomic E-state index is 0.167. The molecule has 0 aliphatic carbocycles. The highest BCUT2D eigenvalue weighted by atomic mass is 16.5. The summed E-state index contributed by atoms with van der Waals surface area (Å²) < 4.78 is 7.40. The fraction of sp³-hybridized carbons (Fsp3) is 0.0400. The second kappa shape index (κ2) is 8.31. The Morgan fingerprint density at radius 2 is 1.69 bits per heavy atom. The lowest BCUT2D eigenvalue weighted by Gasteiger charge is -2.08. The predicted octanol–water partition coefficient (Wildman–Crippen LogP) is 5.17. The van der Waals surface area contributed by atoms with Gasteiger partial charge in [-0.2, -0.15) is 5.10 Å². The van der Waals surface area contributed by atoms with Gasteiger partial charge < -0.3 is 10.1 Å². The fourth-order valence-corrected chi connectivity index (χ4v) is 3.29. The number of ether oxygens (including phenoxy) is 1. The van der Waals surface area contributed by atoms with Crippen molar-refractivity contribution in [2.75, 3.05) is 5.32 Å². The number of hydrogen-bond donors (Lipinski definition) is 1. The number of rotatable bonds is 5. The van der Waals surface area contributed by atoms with E-state index in [9.17, 15) is 4.79 Å². The van der Waals surface area contributed by atoms with Crippen LogP contribution in [0.3, 0.4) is 0 Å². The molecule has 7 heteroatoms. The quantitative estimate of drug-likeness (QED) is 0.423. The van der Waals surface area contributed by atoms with Crippen molar-refractivity contribution in [2.24, 2.45) is 0 Å². The summed E-state index contributed by atoms with van der Waals surface area (Å²) in [7, 11) is 0. The molecule has 32 heavy (non-hydrogen) atoms. The molecule has 5 rings (SSSR count). The summed E-state index contributed by atoms with van der Waals surface area (Å²) in [5.41, 5.74) is 2.18. The highest BCUT2D eigenvalue weighted by molar-refractivity contribution is 6.06. The van der Waals surface area contributed by atoms with Gasteiger partial charge in [-0.15, -0.1) is 10.2 Å². The van der Waals surface area contributed by atoms with Gasteiger partial charge in [0.05, 0.1) is 5.69 Å². The second-order valence-corrected chi connectivity index (χ2v) is 7.27. The second-order valence-electron chi connectivity index (χ2n) is 7.27. The molecule has 0 saturated heterocycles. The molecule has 7 nitrogen and oxygen atoms in total. The monoisotopic (exact) mass is 421 g/mol. The van der Waals surface area contributed by atoms with Gasteiger partial charge in [0.25, 0.3) is 5.91 Å². The van der Waals surface area contributed by atoms with Crippen LogP contribution in [0.4, 0.5) is 5.69 Å². The normalized spacial score (nSPS) is 10.8. The maximum absolute atomic E-state index is 12.6. The van der Waals surface area contributed by atoms with Crippen molar-refractivity contribution in [2.45, 2.75) is 6.92 Å². The number of carbonyl (C=O) groups is 1. The molecule has 2 aromatic heterocycles. The third-order valence-corrected chi connectivity index (χ3v) is 4.93. The van der Waals surface area contributed by atoms with E-state index in [2.05, 4.69) is 20.6 Å². The van der Waals surface area contributed by atoms with Crippen molar-refractivity contribution in [3.63, 3.8) is 0 Å². The minimum atomic E-state index is -0.167. The molecule has 0 unspecified atom stereocenters. The molecule has 156 valence electrons. The van der Waals surface area contributed by atoms with Crippen LogP contribution >= 0.6 is 0 Å². The van der Waals surface area contributed by atoms with Crippen LogP contribution < -0.4 is 10.1 Å². The number of anilines is 1. The van der Waals surface area contributed by atoms with E-state index in [1.54, 1.807) is 41.1 Å². The summed E-state index contributed by atoms with van der Waals surface area (Å²) in [4.78, 5) is 12.6. The van der Waals surface area contributed by atoms with Crippen LogP contribution in [0.15, 0.2) is 91.1 Å². The standard InChI is InChI=1S/C25H19N5O2/c1-17-14-15-30(29-17)23-12-13-24(28-27-23)32-22-10-8-21(9-11-22)26-25(31)20-7-6-18-4-2-3-5-19(18)16-20/h2-16H,1H3,(H,26,31). The molecule has 3 aromatic carbocycles. The van der Waals surface area contributed by atoms with Crippen molar-refractivity contribution in [3.05, 3.63) is 102 Å². The number of aromatic nitrogens is 4. The van der Waals surface area contributed by atoms with E-state index < -0.39 is 0 Å². The molecular formula is C25H19N5O2. The third kappa shape index (κ3) is 4.17. The number of nitrogens with one attached hydrogen (secondary N) is 1.